The molecule has 11 heteroatoms. The molecule has 0 spiro atoms. The number of nitrogens with zero attached hydrogens (tertiary/aromatic N) is 2. The Morgan fingerprint density at radius 3 is 2.20 bits per heavy atom. The van der Waals surface area contributed by atoms with E-state index >= 15 is 0 Å². The SMILES string of the molecule is CCC(C(=O)NC1CCCCC1)N(Cc1ccc(Cl)cc1)C(=O)CN(c1ccccc1OC)S(=O)(=O)c1ccc(OC)cc1. The van der Waals surface area contributed by atoms with Crippen LogP contribution in [0.4, 0.5) is 5.69 Å². The van der Waals surface area contributed by atoms with Crippen molar-refractivity contribution in [3.8, 4) is 11.5 Å². The number of carbonyl (C=O) groups excluding carboxylic acids is 2. The molecule has 3 aromatic rings. The largest absolute Gasteiger partial charge is 0.497 e. The molecule has 0 radical (unpaired) electrons. The van der Waals surface area contributed by atoms with E-state index in [2.05, 4.69) is 5.32 Å². The smallest absolute Gasteiger partial charge is 0.264 e. The molecular weight excluding hydrogens is 602 g/mol. The Morgan fingerprint density at radius 1 is 0.932 bits per heavy atom. The number of hydrogen-bond donors (Lipinski definition) is 1. The Kier molecular flexibility index (Phi) is 11.5. The van der Waals surface area contributed by atoms with Crippen LogP contribution in [0, 0.1) is 0 Å². The van der Waals surface area contributed by atoms with Gasteiger partial charge in [-0.25, -0.2) is 8.42 Å². The molecule has 4 rings (SSSR count). The summed E-state index contributed by atoms with van der Waals surface area (Å²) in [6, 6.07) is 18.8. The van der Waals surface area contributed by atoms with Crippen molar-refractivity contribution >= 4 is 39.1 Å². The van der Waals surface area contributed by atoms with Crippen LogP contribution in [0.1, 0.15) is 51.0 Å². The third-order valence-corrected chi connectivity index (χ3v) is 9.91. The molecule has 1 N–H and O–H groups in total. The third-order valence-electron chi connectivity index (χ3n) is 7.88. The zero-order valence-corrected chi connectivity index (χ0v) is 26.9. The van der Waals surface area contributed by atoms with E-state index in [1.807, 2.05) is 6.92 Å². The van der Waals surface area contributed by atoms with Gasteiger partial charge < -0.3 is 19.7 Å². The number of para-hydroxylation sites is 2. The van der Waals surface area contributed by atoms with Crippen LogP contribution in [0.2, 0.25) is 5.02 Å². The van der Waals surface area contributed by atoms with Crippen molar-refractivity contribution in [2.75, 3.05) is 25.1 Å². The van der Waals surface area contributed by atoms with Crippen molar-refractivity contribution in [3.63, 3.8) is 0 Å². The maximum atomic E-state index is 14.3. The third kappa shape index (κ3) is 8.04. The number of carbonyl (C=O) groups is 2. The first-order chi connectivity index (χ1) is 21.2. The fraction of sp³-hybridized carbons (Fsp3) is 0.394. The van der Waals surface area contributed by atoms with Crippen molar-refractivity contribution in [1.29, 1.82) is 0 Å². The summed E-state index contributed by atoms with van der Waals surface area (Å²) in [4.78, 5) is 29.4. The molecular formula is C33H40ClN3O6S. The topological polar surface area (TPSA) is 105 Å². The lowest BCUT2D eigenvalue weighted by atomic mass is 9.95. The molecule has 0 heterocycles. The Morgan fingerprint density at radius 2 is 1.59 bits per heavy atom. The van der Waals surface area contributed by atoms with Gasteiger partial charge in [0.05, 0.1) is 24.8 Å². The molecule has 0 aliphatic heterocycles. The summed E-state index contributed by atoms with van der Waals surface area (Å²) in [5.41, 5.74) is 0.957. The van der Waals surface area contributed by atoms with Crippen molar-refractivity contribution in [2.24, 2.45) is 0 Å². The molecule has 9 nitrogen and oxygen atoms in total. The molecule has 3 aromatic carbocycles. The van der Waals surface area contributed by atoms with Crippen molar-refractivity contribution in [2.45, 2.75) is 69.0 Å². The standard InChI is InChI=1S/C33H40ClN3O6S/c1-4-29(33(39)35-26-10-6-5-7-11-26)36(22-24-14-16-25(34)17-15-24)32(38)23-37(30-12-8-9-13-31(30)43-3)44(40,41)28-20-18-27(42-2)19-21-28/h8-9,12-21,26,29H,4-7,10-11,22-23H2,1-3H3,(H,35,39). The van der Waals surface area contributed by atoms with Gasteiger partial charge in [0.25, 0.3) is 10.0 Å². The van der Waals surface area contributed by atoms with Gasteiger partial charge in [-0.15, -0.1) is 0 Å². The molecule has 2 amide bonds. The second-order valence-electron chi connectivity index (χ2n) is 10.8. The van der Waals surface area contributed by atoms with E-state index in [0.29, 0.717) is 17.2 Å². The van der Waals surface area contributed by atoms with E-state index in [9.17, 15) is 18.0 Å². The van der Waals surface area contributed by atoms with Crippen LogP contribution < -0.4 is 19.1 Å². The summed E-state index contributed by atoms with van der Waals surface area (Å²) < 4.78 is 40.1. The maximum Gasteiger partial charge on any atom is 0.264 e. The number of hydrogen-bond acceptors (Lipinski definition) is 6. The van der Waals surface area contributed by atoms with E-state index in [-0.39, 0.29) is 34.8 Å². The van der Waals surface area contributed by atoms with E-state index in [0.717, 1.165) is 42.0 Å². The lowest BCUT2D eigenvalue weighted by molar-refractivity contribution is -0.140. The van der Waals surface area contributed by atoms with Crippen LogP contribution in [0.5, 0.6) is 11.5 Å². The Hall–Kier alpha value is -3.76. The monoisotopic (exact) mass is 641 g/mol. The highest BCUT2D eigenvalue weighted by Crippen LogP contribution is 2.33. The van der Waals surface area contributed by atoms with Gasteiger partial charge >= 0.3 is 0 Å². The molecule has 0 aromatic heterocycles. The second-order valence-corrected chi connectivity index (χ2v) is 13.1. The number of amides is 2. The number of methoxy groups -OCH3 is 2. The average Bonchev–Trinajstić information content (AvgIpc) is 3.04. The minimum absolute atomic E-state index is 0.0247. The van der Waals surface area contributed by atoms with Gasteiger partial charge in [0.2, 0.25) is 11.8 Å². The van der Waals surface area contributed by atoms with Crippen molar-refractivity contribution < 1.29 is 27.5 Å². The van der Waals surface area contributed by atoms with Crippen LogP contribution >= 0.6 is 11.6 Å². The first kappa shape index (κ1) is 33.1. The van der Waals surface area contributed by atoms with Crippen LogP contribution in [-0.4, -0.2) is 58.0 Å². The minimum Gasteiger partial charge on any atom is -0.497 e. The molecule has 1 saturated carbocycles. The van der Waals surface area contributed by atoms with Gasteiger partial charge in [-0.2, -0.15) is 0 Å². The highest BCUT2D eigenvalue weighted by atomic mass is 35.5. The molecule has 236 valence electrons. The predicted octanol–water partition coefficient (Wildman–Crippen LogP) is 5.81. The van der Waals surface area contributed by atoms with Gasteiger partial charge in [0.1, 0.15) is 24.1 Å². The van der Waals surface area contributed by atoms with E-state index in [4.69, 9.17) is 21.1 Å². The van der Waals surface area contributed by atoms with Gasteiger partial charge in [0.15, 0.2) is 0 Å². The van der Waals surface area contributed by atoms with E-state index < -0.39 is 28.5 Å². The number of nitrogens with one attached hydrogen (secondary N) is 1. The summed E-state index contributed by atoms with van der Waals surface area (Å²) in [5.74, 6) is -0.00588. The molecule has 1 fully saturated rings. The van der Waals surface area contributed by atoms with Crippen LogP contribution in [-0.2, 0) is 26.2 Å². The number of halogens is 1. The summed E-state index contributed by atoms with van der Waals surface area (Å²) in [7, 11) is -1.33. The van der Waals surface area contributed by atoms with Gasteiger partial charge in [-0.05, 0) is 73.4 Å². The predicted molar refractivity (Wildman–Crippen MR) is 172 cm³/mol. The molecule has 44 heavy (non-hydrogen) atoms. The van der Waals surface area contributed by atoms with Gasteiger partial charge in [-0.1, -0.05) is 62.1 Å². The number of benzene rings is 3. The summed E-state index contributed by atoms with van der Waals surface area (Å²) in [5, 5.41) is 3.70. The molecule has 0 saturated heterocycles. The lowest BCUT2D eigenvalue weighted by Gasteiger charge is -2.34. The number of anilines is 1. The average molecular weight is 642 g/mol. The molecule has 1 atom stereocenters. The second kappa shape index (κ2) is 15.3. The van der Waals surface area contributed by atoms with Crippen molar-refractivity contribution in [1.82, 2.24) is 10.2 Å². The summed E-state index contributed by atoms with van der Waals surface area (Å²) in [6.45, 7) is 1.38. The summed E-state index contributed by atoms with van der Waals surface area (Å²) >= 11 is 6.11. The Labute approximate surface area is 265 Å². The summed E-state index contributed by atoms with van der Waals surface area (Å²) in [6.07, 6.45) is 5.38. The molecule has 0 bridgehead atoms. The lowest BCUT2D eigenvalue weighted by Crippen LogP contribution is -2.54. The van der Waals surface area contributed by atoms with Crippen molar-refractivity contribution in [3.05, 3.63) is 83.4 Å². The quantitative estimate of drug-likeness (QED) is 0.253. The fourth-order valence-corrected chi connectivity index (χ4v) is 7.03. The Balaban J connectivity index is 1.73. The Bertz CT molecular complexity index is 1510. The zero-order chi connectivity index (χ0) is 31.7. The molecule has 1 aliphatic carbocycles. The van der Waals surface area contributed by atoms with Crippen LogP contribution in [0.25, 0.3) is 0 Å². The van der Waals surface area contributed by atoms with E-state index in [1.54, 1.807) is 60.7 Å². The first-order valence-corrected chi connectivity index (χ1v) is 16.6. The van der Waals surface area contributed by atoms with Gasteiger partial charge in [0, 0.05) is 17.6 Å². The normalized spacial score (nSPS) is 14.4. The highest BCUT2D eigenvalue weighted by Gasteiger charge is 2.35. The molecule has 1 unspecified atom stereocenters. The van der Waals surface area contributed by atoms with Crippen LogP contribution in [0.15, 0.2) is 77.7 Å². The number of ether oxygens (including phenoxy) is 2. The maximum absolute atomic E-state index is 14.3. The molecule has 1 aliphatic rings. The van der Waals surface area contributed by atoms with E-state index in [1.165, 1.54) is 31.3 Å². The minimum atomic E-state index is -4.26. The zero-order valence-electron chi connectivity index (χ0n) is 25.4. The fourth-order valence-electron chi connectivity index (χ4n) is 5.47. The number of sulfonamides is 1. The number of rotatable bonds is 13. The van der Waals surface area contributed by atoms with Gasteiger partial charge in [-0.3, -0.25) is 13.9 Å². The highest BCUT2D eigenvalue weighted by molar-refractivity contribution is 7.92. The van der Waals surface area contributed by atoms with Crippen LogP contribution in [0.3, 0.4) is 0 Å². The first-order valence-electron chi connectivity index (χ1n) is 14.8.